The maximum absolute atomic E-state index is 12.9. The van der Waals surface area contributed by atoms with Gasteiger partial charge in [0.25, 0.3) is 5.56 Å². The van der Waals surface area contributed by atoms with Crippen LogP contribution in [-0.2, 0) is 0 Å². The zero-order valence-corrected chi connectivity index (χ0v) is 20.1. The normalized spacial score (nSPS) is 11.0. The van der Waals surface area contributed by atoms with Crippen molar-refractivity contribution in [1.29, 1.82) is 0 Å². The van der Waals surface area contributed by atoms with Crippen LogP contribution < -0.4 is 15.0 Å². The average Bonchev–Trinajstić information content (AvgIpc) is 2.70. The molecule has 0 amide bonds. The van der Waals surface area contributed by atoms with Gasteiger partial charge in [0.1, 0.15) is 12.4 Å². The molecule has 9 heteroatoms. The van der Waals surface area contributed by atoms with Gasteiger partial charge >= 0.3 is 0 Å². The van der Waals surface area contributed by atoms with Crippen LogP contribution in [0.25, 0.3) is 10.9 Å². The first-order valence-corrected chi connectivity index (χ1v) is 10.6. The fraction of sp³-hybridized carbons (Fsp3) is 0.150. The Labute approximate surface area is 192 Å². The zero-order valence-electron chi connectivity index (χ0n) is 15.4. The lowest BCUT2D eigenvalue weighted by Gasteiger charge is -2.14. The molecule has 0 unspecified atom stereocenters. The Balaban J connectivity index is 2.10. The summed E-state index contributed by atoms with van der Waals surface area (Å²) in [6.07, 6.45) is 6.81. The van der Waals surface area contributed by atoms with Gasteiger partial charge < -0.3 is 9.47 Å². The van der Waals surface area contributed by atoms with Gasteiger partial charge in [0.05, 0.1) is 28.7 Å². The number of hydrogen-bond acceptors (Lipinski definition) is 5. The highest BCUT2D eigenvalue weighted by molar-refractivity contribution is 9.13. The molecule has 1 heterocycles. The second kappa shape index (κ2) is 9.11. The Morgan fingerprint density at radius 3 is 2.72 bits per heavy atom. The molecular formula is C20H14Br3N3O3. The van der Waals surface area contributed by atoms with E-state index in [0.29, 0.717) is 42.7 Å². The lowest BCUT2D eigenvalue weighted by molar-refractivity contribution is 0.328. The molecule has 2 aromatic carbocycles. The summed E-state index contributed by atoms with van der Waals surface area (Å²) in [6, 6.07) is 7.08. The highest BCUT2D eigenvalue weighted by Crippen LogP contribution is 2.42. The zero-order chi connectivity index (χ0) is 21.1. The molecular weight excluding hydrogens is 570 g/mol. The highest BCUT2D eigenvalue weighted by atomic mass is 79.9. The lowest BCUT2D eigenvalue weighted by atomic mass is 10.2. The van der Waals surface area contributed by atoms with Crippen molar-refractivity contribution in [2.45, 2.75) is 6.92 Å². The Bertz CT molecular complexity index is 1230. The SMILES string of the molecule is C#CCOc1c(OC)cc(C=Nn2c(C)nc3ccc(Br)cc3c2=O)c(Br)c1Br. The largest absolute Gasteiger partial charge is 0.493 e. The van der Waals surface area contributed by atoms with Crippen molar-refractivity contribution in [3.05, 3.63) is 59.4 Å². The average molecular weight is 584 g/mol. The molecule has 3 rings (SSSR count). The van der Waals surface area contributed by atoms with Crippen LogP contribution in [0.15, 0.2) is 47.6 Å². The second-order valence-electron chi connectivity index (χ2n) is 5.80. The second-order valence-corrected chi connectivity index (χ2v) is 8.30. The summed E-state index contributed by atoms with van der Waals surface area (Å²) in [5.74, 6) is 3.83. The number of nitrogens with zero attached hydrogens (tertiary/aromatic N) is 3. The van der Waals surface area contributed by atoms with E-state index in [9.17, 15) is 4.79 Å². The van der Waals surface area contributed by atoms with Crippen LogP contribution in [0.1, 0.15) is 11.4 Å². The van der Waals surface area contributed by atoms with Gasteiger partial charge in [-0.15, -0.1) is 6.42 Å². The van der Waals surface area contributed by atoms with Gasteiger partial charge in [-0.25, -0.2) is 4.98 Å². The Hall–Kier alpha value is -2.15. The van der Waals surface area contributed by atoms with E-state index in [1.807, 2.05) is 6.07 Å². The molecule has 29 heavy (non-hydrogen) atoms. The first-order chi connectivity index (χ1) is 13.9. The number of aryl methyl sites for hydroxylation is 1. The Kier molecular flexibility index (Phi) is 6.77. The van der Waals surface area contributed by atoms with E-state index in [-0.39, 0.29) is 12.2 Å². The summed E-state index contributed by atoms with van der Waals surface area (Å²) in [5.41, 5.74) is 1.02. The standard InChI is InChI=1S/C20H14Br3N3O3/c1-4-7-29-19-16(28-3)8-12(17(22)18(19)23)10-24-26-11(2)25-15-6-5-13(21)9-14(15)20(26)27/h1,5-6,8-10H,7H2,2-3H3. The number of fused-ring (bicyclic) bond motifs is 1. The number of methoxy groups -OCH3 is 1. The highest BCUT2D eigenvalue weighted by Gasteiger charge is 2.16. The van der Waals surface area contributed by atoms with E-state index in [1.54, 1.807) is 31.3 Å². The van der Waals surface area contributed by atoms with Gasteiger partial charge in [0.2, 0.25) is 0 Å². The molecule has 0 spiro atoms. The number of rotatable bonds is 5. The predicted octanol–water partition coefficient (Wildman–Crippen LogP) is 4.90. The molecule has 0 aliphatic rings. The van der Waals surface area contributed by atoms with E-state index < -0.39 is 0 Å². The Morgan fingerprint density at radius 2 is 2.03 bits per heavy atom. The number of aromatic nitrogens is 2. The quantitative estimate of drug-likeness (QED) is 0.317. The van der Waals surface area contributed by atoms with Crippen molar-refractivity contribution in [3.8, 4) is 23.8 Å². The minimum atomic E-state index is -0.263. The third kappa shape index (κ3) is 4.39. The van der Waals surface area contributed by atoms with Crippen molar-refractivity contribution < 1.29 is 9.47 Å². The molecule has 0 saturated heterocycles. The smallest absolute Gasteiger partial charge is 0.282 e. The molecule has 0 saturated carbocycles. The molecule has 0 radical (unpaired) electrons. The van der Waals surface area contributed by atoms with Gasteiger partial charge in [-0.3, -0.25) is 4.79 Å². The molecule has 0 fully saturated rings. The number of terminal acetylenes is 1. The van der Waals surface area contributed by atoms with Gasteiger partial charge in [0.15, 0.2) is 11.5 Å². The maximum atomic E-state index is 12.9. The van der Waals surface area contributed by atoms with Crippen molar-refractivity contribution in [3.63, 3.8) is 0 Å². The molecule has 148 valence electrons. The Morgan fingerprint density at radius 1 is 1.28 bits per heavy atom. The van der Waals surface area contributed by atoms with Crippen molar-refractivity contribution in [1.82, 2.24) is 9.66 Å². The summed E-state index contributed by atoms with van der Waals surface area (Å²) in [5, 5.41) is 4.82. The van der Waals surface area contributed by atoms with Crippen molar-refractivity contribution >= 4 is 64.9 Å². The van der Waals surface area contributed by atoms with E-state index >= 15 is 0 Å². The number of ether oxygens (including phenoxy) is 2. The summed E-state index contributed by atoms with van der Waals surface area (Å²) < 4.78 is 14.3. The topological polar surface area (TPSA) is 65.7 Å². The van der Waals surface area contributed by atoms with Crippen molar-refractivity contribution in [2.75, 3.05) is 13.7 Å². The van der Waals surface area contributed by atoms with E-state index in [2.05, 4.69) is 63.8 Å². The molecule has 0 aliphatic carbocycles. The molecule has 3 aromatic rings. The third-order valence-electron chi connectivity index (χ3n) is 3.96. The van der Waals surface area contributed by atoms with Crippen LogP contribution in [0.3, 0.4) is 0 Å². The minimum absolute atomic E-state index is 0.0990. The van der Waals surface area contributed by atoms with Crippen LogP contribution in [0.4, 0.5) is 0 Å². The molecule has 6 nitrogen and oxygen atoms in total. The summed E-state index contributed by atoms with van der Waals surface area (Å²) in [6.45, 7) is 1.82. The van der Waals surface area contributed by atoms with Crippen LogP contribution in [0, 0.1) is 19.3 Å². The fourth-order valence-electron chi connectivity index (χ4n) is 2.61. The van der Waals surface area contributed by atoms with Crippen LogP contribution in [-0.4, -0.2) is 29.6 Å². The van der Waals surface area contributed by atoms with E-state index in [4.69, 9.17) is 15.9 Å². The van der Waals surface area contributed by atoms with Crippen molar-refractivity contribution in [2.24, 2.45) is 5.10 Å². The van der Waals surface area contributed by atoms with Crippen LogP contribution in [0.5, 0.6) is 11.5 Å². The number of hydrogen-bond donors (Lipinski definition) is 0. The first kappa shape index (κ1) is 21.6. The first-order valence-electron chi connectivity index (χ1n) is 8.23. The summed E-state index contributed by atoms with van der Waals surface area (Å²) in [7, 11) is 1.53. The van der Waals surface area contributed by atoms with Gasteiger partial charge in [-0.2, -0.15) is 9.78 Å². The van der Waals surface area contributed by atoms with E-state index in [1.165, 1.54) is 11.8 Å². The van der Waals surface area contributed by atoms with Crippen LogP contribution in [0.2, 0.25) is 0 Å². The molecule has 0 bridgehead atoms. The fourth-order valence-corrected chi connectivity index (χ4v) is 3.91. The molecule has 0 N–H and O–H groups in total. The number of halogens is 3. The molecule has 0 atom stereocenters. The molecule has 1 aromatic heterocycles. The monoisotopic (exact) mass is 581 g/mol. The predicted molar refractivity (Wildman–Crippen MR) is 124 cm³/mol. The van der Waals surface area contributed by atoms with Gasteiger partial charge in [-0.1, -0.05) is 21.9 Å². The van der Waals surface area contributed by atoms with Crippen LogP contribution >= 0.6 is 47.8 Å². The summed E-state index contributed by atoms with van der Waals surface area (Å²) >= 11 is 10.4. The molecule has 0 aliphatic heterocycles. The number of benzene rings is 2. The third-order valence-corrected chi connectivity index (χ3v) is 6.59. The minimum Gasteiger partial charge on any atom is -0.493 e. The van der Waals surface area contributed by atoms with Gasteiger partial charge in [0, 0.05) is 14.5 Å². The maximum Gasteiger partial charge on any atom is 0.282 e. The summed E-state index contributed by atoms with van der Waals surface area (Å²) in [4.78, 5) is 17.3. The van der Waals surface area contributed by atoms with Gasteiger partial charge in [-0.05, 0) is 63.0 Å². The lowest BCUT2D eigenvalue weighted by Crippen LogP contribution is -2.20. The van der Waals surface area contributed by atoms with E-state index in [0.717, 1.165) is 4.47 Å².